The third-order valence-electron chi connectivity index (χ3n) is 5.21. The SMILES string of the molecule is Cc1cc(NC(=O)[C@H](C)N2CCN(C(=O)[C@@H]3COc4ccccc4O3)CC2)on1. The van der Waals surface area contributed by atoms with Gasteiger partial charge in [-0.05, 0) is 26.0 Å². The predicted molar refractivity (Wildman–Crippen MR) is 104 cm³/mol. The summed E-state index contributed by atoms with van der Waals surface area (Å²) in [5, 5.41) is 6.49. The molecule has 154 valence electrons. The van der Waals surface area contributed by atoms with E-state index in [9.17, 15) is 9.59 Å². The molecule has 0 saturated carbocycles. The Morgan fingerprint density at radius 2 is 1.90 bits per heavy atom. The number of hydrogen-bond acceptors (Lipinski definition) is 7. The zero-order valence-electron chi connectivity index (χ0n) is 16.5. The Labute approximate surface area is 168 Å². The van der Waals surface area contributed by atoms with Crippen LogP contribution in [0.15, 0.2) is 34.9 Å². The molecule has 9 heteroatoms. The smallest absolute Gasteiger partial charge is 0.267 e. The van der Waals surface area contributed by atoms with Crippen LogP contribution in [0.3, 0.4) is 0 Å². The number of anilines is 1. The molecule has 0 bridgehead atoms. The van der Waals surface area contributed by atoms with Crippen LogP contribution in [0.4, 0.5) is 5.88 Å². The van der Waals surface area contributed by atoms with Crippen LogP contribution in [0.2, 0.25) is 0 Å². The lowest BCUT2D eigenvalue weighted by Gasteiger charge is -2.39. The third kappa shape index (κ3) is 4.19. The lowest BCUT2D eigenvalue weighted by Crippen LogP contribution is -2.57. The fraction of sp³-hybridized carbons (Fsp3) is 0.450. The van der Waals surface area contributed by atoms with Crippen LogP contribution >= 0.6 is 0 Å². The first-order chi connectivity index (χ1) is 14.0. The van der Waals surface area contributed by atoms with Crippen molar-refractivity contribution in [1.29, 1.82) is 0 Å². The third-order valence-corrected chi connectivity index (χ3v) is 5.21. The van der Waals surface area contributed by atoms with E-state index >= 15 is 0 Å². The first kappa shape index (κ1) is 19.3. The Hall–Kier alpha value is -3.07. The molecule has 9 nitrogen and oxygen atoms in total. The number of aromatic nitrogens is 1. The standard InChI is InChI=1S/C20H24N4O5/c1-13-11-18(29-22-13)21-19(25)14(2)23-7-9-24(10-8-23)20(26)17-12-27-15-5-3-4-6-16(15)28-17/h3-6,11,14,17H,7-10,12H2,1-2H3,(H,21,25)/t14-,17-/m0/s1. The summed E-state index contributed by atoms with van der Waals surface area (Å²) in [6, 6.07) is 8.65. The summed E-state index contributed by atoms with van der Waals surface area (Å²) in [7, 11) is 0. The van der Waals surface area contributed by atoms with E-state index in [2.05, 4.69) is 10.5 Å². The van der Waals surface area contributed by atoms with Crippen LogP contribution < -0.4 is 14.8 Å². The van der Waals surface area contributed by atoms with E-state index in [0.717, 1.165) is 0 Å². The summed E-state index contributed by atoms with van der Waals surface area (Å²) in [5.74, 6) is 1.32. The van der Waals surface area contributed by atoms with Crippen LogP contribution in [0.1, 0.15) is 12.6 Å². The van der Waals surface area contributed by atoms with Crippen molar-refractivity contribution in [3.8, 4) is 11.5 Å². The molecule has 1 aromatic heterocycles. The summed E-state index contributed by atoms with van der Waals surface area (Å²) in [6.07, 6.45) is -0.646. The number of ether oxygens (including phenoxy) is 2. The number of para-hydroxylation sites is 2. The van der Waals surface area contributed by atoms with Gasteiger partial charge in [-0.3, -0.25) is 19.8 Å². The number of piperazine rings is 1. The zero-order valence-corrected chi connectivity index (χ0v) is 16.5. The highest BCUT2D eigenvalue weighted by molar-refractivity contribution is 5.93. The number of carbonyl (C=O) groups excluding carboxylic acids is 2. The molecule has 1 saturated heterocycles. The largest absolute Gasteiger partial charge is 0.485 e. The van der Waals surface area contributed by atoms with E-state index < -0.39 is 6.10 Å². The number of nitrogens with one attached hydrogen (secondary N) is 1. The van der Waals surface area contributed by atoms with Crippen LogP contribution in [0.25, 0.3) is 0 Å². The van der Waals surface area contributed by atoms with Crippen molar-refractivity contribution < 1.29 is 23.6 Å². The van der Waals surface area contributed by atoms with Crippen molar-refractivity contribution in [2.45, 2.75) is 26.0 Å². The molecule has 0 radical (unpaired) electrons. The van der Waals surface area contributed by atoms with E-state index in [-0.39, 0.29) is 24.5 Å². The Morgan fingerprint density at radius 3 is 2.59 bits per heavy atom. The number of hydrogen-bond donors (Lipinski definition) is 1. The Morgan fingerprint density at radius 1 is 1.17 bits per heavy atom. The maximum Gasteiger partial charge on any atom is 0.267 e. The molecule has 0 unspecified atom stereocenters. The van der Waals surface area contributed by atoms with Gasteiger partial charge in [0.1, 0.15) is 6.61 Å². The molecule has 0 spiro atoms. The van der Waals surface area contributed by atoms with Gasteiger partial charge in [0.05, 0.1) is 11.7 Å². The zero-order chi connectivity index (χ0) is 20.4. The van der Waals surface area contributed by atoms with Gasteiger partial charge < -0.3 is 18.9 Å². The van der Waals surface area contributed by atoms with Gasteiger partial charge >= 0.3 is 0 Å². The molecule has 29 heavy (non-hydrogen) atoms. The maximum absolute atomic E-state index is 12.8. The van der Waals surface area contributed by atoms with E-state index in [1.807, 2.05) is 30.0 Å². The minimum Gasteiger partial charge on any atom is -0.485 e. The van der Waals surface area contributed by atoms with Crippen LogP contribution in [-0.2, 0) is 9.59 Å². The summed E-state index contributed by atoms with van der Waals surface area (Å²) in [6.45, 7) is 6.08. The first-order valence-electron chi connectivity index (χ1n) is 9.67. The number of benzene rings is 1. The number of rotatable bonds is 4. The number of amides is 2. The molecule has 1 aromatic carbocycles. The lowest BCUT2D eigenvalue weighted by atomic mass is 10.2. The molecule has 2 atom stereocenters. The normalized spacial score (nSPS) is 20.2. The quantitative estimate of drug-likeness (QED) is 0.826. The highest BCUT2D eigenvalue weighted by atomic mass is 16.6. The molecule has 2 aromatic rings. The average molecular weight is 400 g/mol. The Bertz CT molecular complexity index is 891. The molecule has 0 aliphatic carbocycles. The van der Waals surface area contributed by atoms with Crippen molar-refractivity contribution in [2.24, 2.45) is 0 Å². The molecule has 2 aliphatic heterocycles. The van der Waals surface area contributed by atoms with Gasteiger partial charge in [-0.1, -0.05) is 17.3 Å². The number of fused-ring (bicyclic) bond motifs is 1. The lowest BCUT2D eigenvalue weighted by molar-refractivity contribution is -0.143. The summed E-state index contributed by atoms with van der Waals surface area (Å²) in [5.41, 5.74) is 0.705. The van der Waals surface area contributed by atoms with Gasteiger partial charge in [-0.2, -0.15) is 0 Å². The summed E-state index contributed by atoms with van der Waals surface area (Å²) < 4.78 is 16.5. The van der Waals surface area contributed by atoms with E-state index in [4.69, 9.17) is 14.0 Å². The Balaban J connectivity index is 1.29. The van der Waals surface area contributed by atoms with Crippen LogP contribution in [0.5, 0.6) is 11.5 Å². The van der Waals surface area contributed by atoms with Crippen molar-refractivity contribution in [2.75, 3.05) is 38.1 Å². The fourth-order valence-corrected chi connectivity index (χ4v) is 3.49. The van der Waals surface area contributed by atoms with Gasteiger partial charge in [-0.15, -0.1) is 0 Å². The van der Waals surface area contributed by atoms with Crippen molar-refractivity contribution in [1.82, 2.24) is 15.0 Å². The van der Waals surface area contributed by atoms with E-state index in [1.54, 1.807) is 24.0 Å². The fourth-order valence-electron chi connectivity index (χ4n) is 3.49. The first-order valence-corrected chi connectivity index (χ1v) is 9.67. The van der Waals surface area contributed by atoms with Gasteiger partial charge in [0.2, 0.25) is 17.9 Å². The van der Waals surface area contributed by atoms with Gasteiger partial charge in [-0.25, -0.2) is 0 Å². The summed E-state index contributed by atoms with van der Waals surface area (Å²) >= 11 is 0. The second-order valence-corrected chi connectivity index (χ2v) is 7.22. The highest BCUT2D eigenvalue weighted by Crippen LogP contribution is 2.31. The number of carbonyl (C=O) groups is 2. The topological polar surface area (TPSA) is 97.1 Å². The van der Waals surface area contributed by atoms with Gasteiger partial charge in [0.15, 0.2) is 11.5 Å². The van der Waals surface area contributed by atoms with Crippen LogP contribution in [-0.4, -0.2) is 71.7 Å². The van der Waals surface area contributed by atoms with Crippen molar-refractivity contribution in [3.05, 3.63) is 36.0 Å². The average Bonchev–Trinajstić information content (AvgIpc) is 3.16. The molecule has 2 amide bonds. The molecule has 3 heterocycles. The summed E-state index contributed by atoms with van der Waals surface area (Å²) in [4.78, 5) is 29.1. The molecule has 1 N–H and O–H groups in total. The monoisotopic (exact) mass is 400 g/mol. The minimum atomic E-state index is -0.646. The number of nitrogens with zero attached hydrogens (tertiary/aromatic N) is 3. The maximum atomic E-state index is 12.8. The minimum absolute atomic E-state index is 0.0895. The number of aryl methyl sites for hydroxylation is 1. The van der Waals surface area contributed by atoms with Crippen molar-refractivity contribution in [3.63, 3.8) is 0 Å². The Kier molecular flexibility index (Phi) is 5.39. The van der Waals surface area contributed by atoms with Gasteiger partial charge in [0.25, 0.3) is 5.91 Å². The molecule has 1 fully saturated rings. The van der Waals surface area contributed by atoms with E-state index in [0.29, 0.717) is 49.3 Å². The van der Waals surface area contributed by atoms with Crippen molar-refractivity contribution >= 4 is 17.7 Å². The second-order valence-electron chi connectivity index (χ2n) is 7.22. The molecular weight excluding hydrogens is 376 g/mol. The van der Waals surface area contributed by atoms with Gasteiger partial charge in [0, 0.05) is 32.2 Å². The van der Waals surface area contributed by atoms with Crippen LogP contribution in [0, 0.1) is 6.92 Å². The second kappa shape index (κ2) is 8.12. The molecule has 2 aliphatic rings. The molecule has 4 rings (SSSR count). The molecular formula is C20H24N4O5. The predicted octanol–water partition coefficient (Wildman–Crippen LogP) is 1.29. The van der Waals surface area contributed by atoms with E-state index in [1.165, 1.54) is 0 Å². The highest BCUT2D eigenvalue weighted by Gasteiger charge is 2.34.